The van der Waals surface area contributed by atoms with E-state index < -0.39 is 9.84 Å². The van der Waals surface area contributed by atoms with Crippen molar-refractivity contribution in [3.63, 3.8) is 0 Å². The van der Waals surface area contributed by atoms with Gasteiger partial charge in [0.25, 0.3) is 5.91 Å². The summed E-state index contributed by atoms with van der Waals surface area (Å²) in [7, 11) is -2.50. The Labute approximate surface area is 177 Å². The molecule has 0 bridgehead atoms. The van der Waals surface area contributed by atoms with Gasteiger partial charge in [0.1, 0.15) is 11.0 Å². The number of rotatable bonds is 9. The van der Waals surface area contributed by atoms with Crippen LogP contribution in [0.5, 0.6) is 11.5 Å². The molecule has 0 atom stereocenters. The lowest BCUT2D eigenvalue weighted by molar-refractivity contribution is -0.132. The first-order valence-corrected chi connectivity index (χ1v) is 10.9. The molecule has 158 valence electrons. The smallest absolute Gasteiger partial charge is 0.260 e. The van der Waals surface area contributed by atoms with Gasteiger partial charge < -0.3 is 14.4 Å². The average molecular weight is 429 g/mol. The number of nitriles is 1. The Hall–Kier alpha value is -3.31. The molecule has 30 heavy (non-hydrogen) atoms. The van der Waals surface area contributed by atoms with Crippen LogP contribution in [0, 0.1) is 11.3 Å². The van der Waals surface area contributed by atoms with Gasteiger partial charge in [-0.15, -0.1) is 0 Å². The highest BCUT2D eigenvalue weighted by Crippen LogP contribution is 2.30. The first kappa shape index (κ1) is 23.0. The zero-order valence-electron chi connectivity index (χ0n) is 17.2. The van der Waals surface area contributed by atoms with Crippen LogP contribution in [0.1, 0.15) is 19.4 Å². The molecule has 2 aromatic rings. The lowest BCUT2D eigenvalue weighted by Crippen LogP contribution is -2.34. The minimum Gasteiger partial charge on any atom is -0.493 e. The Morgan fingerprint density at radius 3 is 2.33 bits per heavy atom. The van der Waals surface area contributed by atoms with Crippen LogP contribution in [0.2, 0.25) is 0 Å². The monoisotopic (exact) mass is 428 g/mol. The quantitative estimate of drug-likeness (QED) is 0.569. The van der Waals surface area contributed by atoms with Crippen molar-refractivity contribution in [1.29, 1.82) is 5.26 Å². The summed E-state index contributed by atoms with van der Waals surface area (Å²) in [6.45, 7) is 4.82. The second-order valence-electron chi connectivity index (χ2n) is 6.20. The number of benzene rings is 2. The molecule has 8 heteroatoms. The third kappa shape index (κ3) is 5.39. The van der Waals surface area contributed by atoms with Crippen molar-refractivity contribution in [2.45, 2.75) is 18.7 Å². The van der Waals surface area contributed by atoms with Crippen molar-refractivity contribution >= 4 is 21.8 Å². The number of nitrogens with zero attached hydrogens (tertiary/aromatic N) is 2. The summed E-state index contributed by atoms with van der Waals surface area (Å²) >= 11 is 0. The number of ether oxygens (including phenoxy) is 2. The molecule has 0 fully saturated rings. The molecule has 0 N–H and O–H groups in total. The maximum Gasteiger partial charge on any atom is 0.260 e. The Kier molecular flexibility index (Phi) is 8.01. The van der Waals surface area contributed by atoms with Crippen LogP contribution in [0.4, 0.5) is 0 Å². The summed E-state index contributed by atoms with van der Waals surface area (Å²) < 4.78 is 36.3. The maximum absolute atomic E-state index is 12.7. The molecule has 2 rings (SSSR count). The van der Waals surface area contributed by atoms with Crippen molar-refractivity contribution in [2.75, 3.05) is 26.8 Å². The molecule has 0 saturated heterocycles. The van der Waals surface area contributed by atoms with E-state index in [-0.39, 0.29) is 22.3 Å². The molecule has 0 unspecified atom stereocenters. The molecule has 0 radical (unpaired) electrons. The Bertz CT molecular complexity index is 1050. The highest BCUT2D eigenvalue weighted by atomic mass is 32.2. The summed E-state index contributed by atoms with van der Waals surface area (Å²) in [5.74, 6) is 0.525. The second-order valence-corrected chi connectivity index (χ2v) is 8.12. The third-order valence-corrected chi connectivity index (χ3v) is 6.09. The molecule has 2 aromatic carbocycles. The molecule has 0 saturated carbocycles. The Morgan fingerprint density at radius 1 is 1.10 bits per heavy atom. The van der Waals surface area contributed by atoms with Gasteiger partial charge in [-0.2, -0.15) is 5.26 Å². The van der Waals surface area contributed by atoms with Crippen LogP contribution in [-0.2, 0) is 14.6 Å². The van der Waals surface area contributed by atoms with Crippen molar-refractivity contribution in [3.8, 4) is 17.6 Å². The molecule has 0 heterocycles. The Morgan fingerprint density at radius 2 is 1.77 bits per heavy atom. The average Bonchev–Trinajstić information content (AvgIpc) is 2.77. The highest BCUT2D eigenvalue weighted by molar-refractivity contribution is 7.95. The molecule has 0 aromatic heterocycles. The van der Waals surface area contributed by atoms with Gasteiger partial charge in [0.15, 0.2) is 18.1 Å². The van der Waals surface area contributed by atoms with E-state index >= 15 is 0 Å². The van der Waals surface area contributed by atoms with E-state index in [1.165, 1.54) is 25.3 Å². The molecule has 0 aliphatic rings. The Balaban J connectivity index is 2.29. The van der Waals surface area contributed by atoms with Crippen molar-refractivity contribution in [2.24, 2.45) is 0 Å². The zero-order chi connectivity index (χ0) is 22.1. The van der Waals surface area contributed by atoms with Gasteiger partial charge in [-0.05, 0) is 49.8 Å². The minimum atomic E-state index is -3.94. The van der Waals surface area contributed by atoms with Gasteiger partial charge >= 0.3 is 0 Å². The molecule has 1 amide bonds. The summed E-state index contributed by atoms with van der Waals surface area (Å²) in [4.78, 5) is 13.4. The van der Waals surface area contributed by atoms with Gasteiger partial charge in [-0.25, -0.2) is 8.42 Å². The predicted molar refractivity (Wildman–Crippen MR) is 114 cm³/mol. The van der Waals surface area contributed by atoms with E-state index in [1.807, 2.05) is 13.8 Å². The van der Waals surface area contributed by atoms with Crippen molar-refractivity contribution in [1.82, 2.24) is 4.90 Å². The summed E-state index contributed by atoms with van der Waals surface area (Å²) in [5.41, 5.74) is 0.449. The van der Waals surface area contributed by atoms with Crippen LogP contribution < -0.4 is 9.47 Å². The van der Waals surface area contributed by atoms with Gasteiger partial charge in [0.2, 0.25) is 9.84 Å². The fourth-order valence-electron chi connectivity index (χ4n) is 2.75. The lowest BCUT2D eigenvalue weighted by Gasteiger charge is -2.19. The molecular formula is C22H24N2O5S. The zero-order valence-corrected chi connectivity index (χ0v) is 18.0. The minimum absolute atomic E-state index is 0.0413. The summed E-state index contributed by atoms with van der Waals surface area (Å²) in [5, 5.41) is 9.41. The van der Waals surface area contributed by atoms with Crippen molar-refractivity contribution in [3.05, 3.63) is 59.0 Å². The maximum atomic E-state index is 12.7. The van der Waals surface area contributed by atoms with E-state index in [9.17, 15) is 18.5 Å². The number of sulfone groups is 1. The standard InChI is InChI=1S/C22H24N2O5S/c1-4-24(5-2)22(25)16-29-20-12-11-17(14-21(20)28-3)13-19(15-23)30(26,27)18-9-7-6-8-10-18/h6-14H,4-5,16H2,1-3H3/b19-13+. The molecule has 7 nitrogen and oxygen atoms in total. The fourth-order valence-corrected chi connectivity index (χ4v) is 3.93. The normalized spacial score (nSPS) is 11.5. The number of allylic oxidation sites excluding steroid dienone is 1. The van der Waals surface area contributed by atoms with E-state index in [0.717, 1.165) is 0 Å². The first-order chi connectivity index (χ1) is 14.4. The van der Waals surface area contributed by atoms with E-state index in [4.69, 9.17) is 9.47 Å². The predicted octanol–water partition coefficient (Wildman–Crippen LogP) is 3.28. The van der Waals surface area contributed by atoms with Crippen LogP contribution in [0.25, 0.3) is 6.08 Å². The van der Waals surface area contributed by atoms with E-state index in [1.54, 1.807) is 47.4 Å². The summed E-state index contributed by atoms with van der Waals surface area (Å²) in [6, 6.07) is 14.2. The number of hydrogen-bond donors (Lipinski definition) is 0. The van der Waals surface area contributed by atoms with Gasteiger partial charge in [0.05, 0.1) is 12.0 Å². The second kappa shape index (κ2) is 10.5. The number of likely N-dealkylation sites (N-methyl/N-ethyl adjacent to an activating group) is 1. The number of hydrogen-bond acceptors (Lipinski definition) is 6. The SMILES string of the molecule is CCN(CC)C(=O)COc1ccc(/C=C(\C#N)S(=O)(=O)c2ccccc2)cc1OC. The number of carbonyl (C=O) groups excluding carboxylic acids is 1. The number of carbonyl (C=O) groups is 1. The molecule has 0 aliphatic carbocycles. The molecule has 0 spiro atoms. The third-order valence-electron chi connectivity index (χ3n) is 4.41. The highest BCUT2D eigenvalue weighted by Gasteiger charge is 2.21. The summed E-state index contributed by atoms with van der Waals surface area (Å²) in [6.07, 6.45) is 1.27. The number of methoxy groups -OCH3 is 1. The van der Waals surface area contributed by atoms with Gasteiger partial charge in [0, 0.05) is 13.1 Å². The largest absolute Gasteiger partial charge is 0.493 e. The fraction of sp³-hybridized carbons (Fsp3) is 0.273. The lowest BCUT2D eigenvalue weighted by atomic mass is 10.2. The molecular weight excluding hydrogens is 404 g/mol. The topological polar surface area (TPSA) is 96.7 Å². The van der Waals surface area contributed by atoms with Crippen LogP contribution in [-0.4, -0.2) is 46.0 Å². The number of amides is 1. The van der Waals surface area contributed by atoms with Gasteiger partial charge in [-0.3, -0.25) is 4.79 Å². The molecule has 0 aliphatic heterocycles. The van der Waals surface area contributed by atoms with Crippen LogP contribution in [0.15, 0.2) is 58.3 Å². The van der Waals surface area contributed by atoms with E-state index in [0.29, 0.717) is 30.2 Å². The first-order valence-electron chi connectivity index (χ1n) is 9.37. The van der Waals surface area contributed by atoms with Crippen LogP contribution in [0.3, 0.4) is 0 Å². The van der Waals surface area contributed by atoms with Crippen molar-refractivity contribution < 1.29 is 22.7 Å². The van der Waals surface area contributed by atoms with Crippen LogP contribution >= 0.6 is 0 Å². The van der Waals surface area contributed by atoms with E-state index in [2.05, 4.69) is 0 Å². The van der Waals surface area contributed by atoms with Gasteiger partial charge in [-0.1, -0.05) is 24.3 Å².